The Morgan fingerprint density at radius 1 is 1.00 bits per heavy atom. The Balaban J connectivity index is 1.54. The fraction of sp³-hybridized carbons (Fsp3) is 0.250. The number of nitrogens with one attached hydrogen (secondary N) is 2. The highest BCUT2D eigenvalue weighted by Crippen LogP contribution is 2.19. The minimum absolute atomic E-state index is 0.117. The van der Waals surface area contributed by atoms with Crippen LogP contribution in [0.25, 0.3) is 0 Å². The van der Waals surface area contributed by atoms with Gasteiger partial charge in [-0.2, -0.15) is 0 Å². The van der Waals surface area contributed by atoms with Gasteiger partial charge < -0.3 is 5.32 Å². The molecule has 0 unspecified atom stereocenters. The van der Waals surface area contributed by atoms with Crippen LogP contribution in [0.4, 0.5) is 10.1 Å². The number of hydrogen-bond donors (Lipinski definition) is 2. The van der Waals surface area contributed by atoms with Gasteiger partial charge in [-0.25, -0.2) is 12.8 Å². The number of carbonyl (C=O) groups is 3. The highest BCUT2D eigenvalue weighted by molar-refractivity contribution is 7.92. The molecule has 1 heterocycles. The first-order valence-corrected chi connectivity index (χ1v) is 10.7. The van der Waals surface area contributed by atoms with Crippen LogP contribution in [0, 0.1) is 5.82 Å². The first-order valence-electron chi connectivity index (χ1n) is 9.27. The van der Waals surface area contributed by atoms with Crippen molar-refractivity contribution in [3.63, 3.8) is 0 Å². The van der Waals surface area contributed by atoms with E-state index < -0.39 is 21.7 Å². The zero-order chi connectivity index (χ0) is 21.7. The molecule has 1 aliphatic rings. The van der Waals surface area contributed by atoms with Crippen LogP contribution in [0.15, 0.2) is 53.4 Å². The molecule has 30 heavy (non-hydrogen) atoms. The van der Waals surface area contributed by atoms with Gasteiger partial charge in [-0.05, 0) is 42.8 Å². The van der Waals surface area contributed by atoms with E-state index in [1.54, 1.807) is 0 Å². The van der Waals surface area contributed by atoms with Gasteiger partial charge in [-0.3, -0.25) is 24.0 Å². The molecule has 10 heteroatoms. The molecule has 0 spiro atoms. The van der Waals surface area contributed by atoms with Crippen molar-refractivity contribution >= 4 is 33.4 Å². The van der Waals surface area contributed by atoms with E-state index in [1.165, 1.54) is 47.4 Å². The van der Waals surface area contributed by atoms with Gasteiger partial charge in [0.25, 0.3) is 15.9 Å². The second-order valence-electron chi connectivity index (χ2n) is 6.66. The Morgan fingerprint density at radius 2 is 1.63 bits per heavy atom. The monoisotopic (exact) mass is 433 g/mol. The van der Waals surface area contributed by atoms with E-state index in [0.29, 0.717) is 6.42 Å². The largest absolute Gasteiger partial charge is 0.352 e. The topological polar surface area (TPSA) is 113 Å². The average molecular weight is 433 g/mol. The van der Waals surface area contributed by atoms with Crippen molar-refractivity contribution in [2.75, 3.05) is 17.8 Å². The van der Waals surface area contributed by atoms with E-state index in [1.807, 2.05) is 0 Å². The second kappa shape index (κ2) is 9.04. The standard InChI is InChI=1S/C20H20FN3O5S/c21-16-4-1-2-5-17(16)23-30(28,29)15-8-6-14(7-9-15)20(27)22-12-3-13-24-18(25)10-11-19(24)26/h1-2,4-9,23H,3,10-13H2,(H,22,27). The number of hydrogen-bond acceptors (Lipinski definition) is 5. The van der Waals surface area contributed by atoms with E-state index in [-0.39, 0.29) is 53.9 Å². The van der Waals surface area contributed by atoms with Gasteiger partial charge in [0.15, 0.2) is 0 Å². The lowest BCUT2D eigenvalue weighted by Crippen LogP contribution is -2.33. The zero-order valence-electron chi connectivity index (χ0n) is 15.9. The highest BCUT2D eigenvalue weighted by Gasteiger charge is 2.28. The third-order valence-electron chi connectivity index (χ3n) is 4.54. The summed E-state index contributed by atoms with van der Waals surface area (Å²) in [6.45, 7) is 0.502. The number of amides is 3. The number of rotatable bonds is 8. The Morgan fingerprint density at radius 3 is 2.27 bits per heavy atom. The molecule has 3 amide bonds. The summed E-state index contributed by atoms with van der Waals surface area (Å²) >= 11 is 0. The SMILES string of the molecule is O=C(NCCCN1C(=O)CCC1=O)c1ccc(S(=O)(=O)Nc2ccccc2F)cc1. The van der Waals surface area contributed by atoms with Crippen LogP contribution in [-0.4, -0.2) is 44.1 Å². The zero-order valence-corrected chi connectivity index (χ0v) is 16.7. The summed E-state index contributed by atoms with van der Waals surface area (Å²) in [5.74, 6) is -1.52. The number of sulfonamides is 1. The van der Waals surface area contributed by atoms with Gasteiger partial charge in [0.1, 0.15) is 5.82 Å². The van der Waals surface area contributed by atoms with E-state index in [4.69, 9.17) is 0 Å². The number of benzene rings is 2. The van der Waals surface area contributed by atoms with Gasteiger partial charge >= 0.3 is 0 Å². The summed E-state index contributed by atoms with van der Waals surface area (Å²) in [4.78, 5) is 36.3. The summed E-state index contributed by atoms with van der Waals surface area (Å²) < 4.78 is 40.6. The quantitative estimate of drug-likeness (QED) is 0.488. The molecule has 3 rings (SSSR count). The molecule has 0 aliphatic carbocycles. The average Bonchev–Trinajstić information content (AvgIpc) is 3.04. The molecule has 0 aromatic heterocycles. The lowest BCUT2D eigenvalue weighted by molar-refractivity contribution is -0.138. The first kappa shape index (κ1) is 21.4. The van der Waals surface area contributed by atoms with Gasteiger partial charge in [-0.1, -0.05) is 12.1 Å². The fourth-order valence-electron chi connectivity index (χ4n) is 2.95. The molecule has 1 aliphatic heterocycles. The number of para-hydroxylation sites is 1. The Hall–Kier alpha value is -3.27. The molecule has 0 saturated carbocycles. The first-order chi connectivity index (χ1) is 14.3. The maximum absolute atomic E-state index is 13.7. The maximum atomic E-state index is 13.7. The summed E-state index contributed by atoms with van der Waals surface area (Å²) in [5, 5.41) is 2.66. The number of imide groups is 1. The van der Waals surface area contributed by atoms with E-state index in [0.717, 1.165) is 6.07 Å². The molecular formula is C20H20FN3O5S. The van der Waals surface area contributed by atoms with E-state index >= 15 is 0 Å². The molecule has 2 aromatic rings. The lowest BCUT2D eigenvalue weighted by Gasteiger charge is -2.13. The molecular weight excluding hydrogens is 413 g/mol. The third-order valence-corrected chi connectivity index (χ3v) is 5.93. The van der Waals surface area contributed by atoms with E-state index in [2.05, 4.69) is 10.0 Å². The Bertz CT molecular complexity index is 1050. The van der Waals surface area contributed by atoms with Crippen molar-refractivity contribution in [3.05, 3.63) is 59.9 Å². The lowest BCUT2D eigenvalue weighted by atomic mass is 10.2. The van der Waals surface area contributed by atoms with Crippen molar-refractivity contribution in [1.82, 2.24) is 10.2 Å². The molecule has 1 saturated heterocycles. The summed E-state index contributed by atoms with van der Waals surface area (Å²) in [7, 11) is -4.01. The van der Waals surface area contributed by atoms with Crippen LogP contribution >= 0.6 is 0 Å². The molecule has 0 atom stereocenters. The van der Waals surface area contributed by atoms with Gasteiger partial charge in [0, 0.05) is 31.5 Å². The fourth-order valence-corrected chi connectivity index (χ4v) is 4.01. The summed E-state index contributed by atoms with van der Waals surface area (Å²) in [6.07, 6.45) is 0.876. The van der Waals surface area contributed by atoms with Crippen LogP contribution in [0.1, 0.15) is 29.6 Å². The molecule has 0 radical (unpaired) electrons. The van der Waals surface area contributed by atoms with Crippen molar-refractivity contribution in [2.24, 2.45) is 0 Å². The molecule has 2 N–H and O–H groups in total. The van der Waals surface area contributed by atoms with E-state index in [9.17, 15) is 27.2 Å². The molecule has 8 nitrogen and oxygen atoms in total. The second-order valence-corrected chi connectivity index (χ2v) is 8.34. The van der Waals surface area contributed by atoms with Gasteiger partial charge in [0.2, 0.25) is 11.8 Å². The Kier molecular flexibility index (Phi) is 6.46. The van der Waals surface area contributed by atoms with Crippen molar-refractivity contribution in [2.45, 2.75) is 24.2 Å². The van der Waals surface area contributed by atoms with Gasteiger partial charge in [0.05, 0.1) is 10.6 Å². The van der Waals surface area contributed by atoms with Crippen molar-refractivity contribution in [3.8, 4) is 0 Å². The Labute approximate surface area is 173 Å². The van der Waals surface area contributed by atoms with Crippen LogP contribution in [-0.2, 0) is 19.6 Å². The number of halogens is 1. The summed E-state index contributed by atoms with van der Waals surface area (Å²) in [6, 6.07) is 10.6. The van der Waals surface area contributed by atoms with Crippen LogP contribution in [0.3, 0.4) is 0 Å². The minimum Gasteiger partial charge on any atom is -0.352 e. The minimum atomic E-state index is -4.01. The number of nitrogens with zero attached hydrogens (tertiary/aromatic N) is 1. The smallest absolute Gasteiger partial charge is 0.261 e. The van der Waals surface area contributed by atoms with Crippen molar-refractivity contribution in [1.29, 1.82) is 0 Å². The van der Waals surface area contributed by atoms with Crippen LogP contribution < -0.4 is 10.0 Å². The molecule has 158 valence electrons. The van der Waals surface area contributed by atoms with Crippen LogP contribution in [0.2, 0.25) is 0 Å². The normalized spacial score (nSPS) is 14.1. The third kappa shape index (κ3) is 5.01. The number of carbonyl (C=O) groups excluding carboxylic acids is 3. The number of anilines is 1. The number of likely N-dealkylation sites (tertiary alicyclic amines) is 1. The summed E-state index contributed by atoms with van der Waals surface area (Å²) in [5.41, 5.74) is 0.0717. The highest BCUT2D eigenvalue weighted by atomic mass is 32.2. The maximum Gasteiger partial charge on any atom is 0.261 e. The van der Waals surface area contributed by atoms with Gasteiger partial charge in [-0.15, -0.1) is 0 Å². The predicted octanol–water partition coefficient (Wildman–Crippen LogP) is 1.90. The van der Waals surface area contributed by atoms with Crippen LogP contribution in [0.5, 0.6) is 0 Å². The molecule has 0 bridgehead atoms. The van der Waals surface area contributed by atoms with Crippen molar-refractivity contribution < 1.29 is 27.2 Å². The predicted molar refractivity (Wildman–Crippen MR) is 107 cm³/mol. The molecule has 1 fully saturated rings. The molecule has 2 aromatic carbocycles.